The molecule has 1 aromatic heterocycles. The van der Waals surface area contributed by atoms with Crippen molar-refractivity contribution in [3.8, 4) is 5.69 Å². The van der Waals surface area contributed by atoms with Crippen LogP contribution in [0, 0.1) is 5.82 Å². The van der Waals surface area contributed by atoms with Crippen LogP contribution in [0.1, 0.15) is 49.2 Å². The van der Waals surface area contributed by atoms with Gasteiger partial charge in [0.05, 0.1) is 11.8 Å². The van der Waals surface area contributed by atoms with Crippen LogP contribution in [0.4, 0.5) is 10.1 Å². The van der Waals surface area contributed by atoms with E-state index in [0.717, 1.165) is 29.1 Å². The molecule has 1 N–H and O–H groups in total. The number of fused-ring (bicyclic) bond motifs is 1. The first-order valence-corrected chi connectivity index (χ1v) is 10.7. The Morgan fingerprint density at radius 2 is 1.84 bits per heavy atom. The summed E-state index contributed by atoms with van der Waals surface area (Å²) < 4.78 is 16.8. The van der Waals surface area contributed by atoms with Crippen molar-refractivity contribution in [2.24, 2.45) is 5.10 Å². The fourth-order valence-electron chi connectivity index (χ4n) is 4.31. The highest BCUT2D eigenvalue weighted by molar-refractivity contribution is 5.95. The molecular weight excluding hydrogens is 403 g/mol. The van der Waals surface area contributed by atoms with Gasteiger partial charge in [-0.1, -0.05) is 6.08 Å². The van der Waals surface area contributed by atoms with Crippen LogP contribution in [-0.2, 0) is 0 Å². The number of halogens is 1. The van der Waals surface area contributed by atoms with E-state index in [4.69, 9.17) is 0 Å². The first-order valence-electron chi connectivity index (χ1n) is 10.7. The Kier molecular flexibility index (Phi) is 5.70. The number of aromatic nitrogens is 1. The van der Waals surface area contributed by atoms with E-state index in [1.807, 2.05) is 48.1 Å². The van der Waals surface area contributed by atoms with Gasteiger partial charge in [-0.05, 0) is 81.8 Å². The number of nitrogens with one attached hydrogen (secondary N) is 1. The van der Waals surface area contributed by atoms with Crippen molar-refractivity contribution < 1.29 is 9.18 Å². The Bertz CT molecular complexity index is 1190. The molecule has 0 fully saturated rings. The van der Waals surface area contributed by atoms with Crippen molar-refractivity contribution in [1.29, 1.82) is 0 Å². The Labute approximate surface area is 187 Å². The summed E-state index contributed by atoms with van der Waals surface area (Å²) in [6.45, 7) is 9.11. The van der Waals surface area contributed by atoms with E-state index >= 15 is 0 Å². The van der Waals surface area contributed by atoms with E-state index in [-0.39, 0.29) is 17.3 Å². The van der Waals surface area contributed by atoms with Gasteiger partial charge in [-0.2, -0.15) is 5.10 Å². The topological polar surface area (TPSA) is 49.6 Å². The van der Waals surface area contributed by atoms with Gasteiger partial charge < -0.3 is 9.47 Å². The second-order valence-corrected chi connectivity index (χ2v) is 8.45. The average molecular weight is 431 g/mol. The molecule has 1 aliphatic heterocycles. The summed E-state index contributed by atoms with van der Waals surface area (Å²) in [5.74, 6) is -0.726. The third kappa shape index (κ3) is 4.08. The highest BCUT2D eigenvalue weighted by Gasteiger charge is 2.30. The van der Waals surface area contributed by atoms with E-state index in [1.54, 1.807) is 24.3 Å². The summed E-state index contributed by atoms with van der Waals surface area (Å²) in [6.07, 6.45) is 7.41. The number of likely N-dealkylation sites (N-methyl/N-ethyl adjacent to an activating group) is 1. The molecule has 32 heavy (non-hydrogen) atoms. The molecule has 0 bridgehead atoms. The van der Waals surface area contributed by atoms with Gasteiger partial charge in [-0.25, -0.2) is 9.82 Å². The predicted molar refractivity (Wildman–Crippen MR) is 128 cm³/mol. The fourth-order valence-corrected chi connectivity index (χ4v) is 4.31. The van der Waals surface area contributed by atoms with Crippen molar-refractivity contribution in [1.82, 2.24) is 9.99 Å². The summed E-state index contributed by atoms with van der Waals surface area (Å²) in [6, 6.07) is 14.4. The summed E-state index contributed by atoms with van der Waals surface area (Å²) in [4.78, 5) is 14.6. The maximum Gasteiger partial charge on any atom is 0.271 e. The maximum atomic E-state index is 14.8. The Morgan fingerprint density at radius 1 is 1.16 bits per heavy atom. The molecule has 2 heterocycles. The molecule has 0 aliphatic carbocycles. The molecule has 0 atom stereocenters. The second kappa shape index (κ2) is 8.46. The molecule has 0 saturated carbocycles. The molecule has 164 valence electrons. The lowest BCUT2D eigenvalue weighted by Crippen LogP contribution is -2.45. The summed E-state index contributed by atoms with van der Waals surface area (Å²) in [7, 11) is 0. The van der Waals surface area contributed by atoms with E-state index in [0.29, 0.717) is 11.1 Å². The Hall–Kier alpha value is -3.67. The van der Waals surface area contributed by atoms with Crippen molar-refractivity contribution in [3.05, 3.63) is 89.5 Å². The first kappa shape index (κ1) is 21.6. The number of nitrogens with zero attached hydrogens (tertiary/aromatic N) is 3. The van der Waals surface area contributed by atoms with E-state index < -0.39 is 0 Å². The number of carbonyl (C=O) groups excluding carboxylic acids is 1. The fraction of sp³-hybridized carbons (Fsp3) is 0.231. The van der Waals surface area contributed by atoms with Crippen LogP contribution in [0.5, 0.6) is 0 Å². The summed E-state index contributed by atoms with van der Waals surface area (Å²) >= 11 is 0. The zero-order valence-corrected chi connectivity index (χ0v) is 18.8. The van der Waals surface area contributed by atoms with Gasteiger partial charge in [0.2, 0.25) is 0 Å². The summed E-state index contributed by atoms with van der Waals surface area (Å²) in [5.41, 5.74) is 7.01. The smallest absolute Gasteiger partial charge is 0.271 e. The molecule has 0 saturated heterocycles. The first-order chi connectivity index (χ1) is 15.3. The minimum Gasteiger partial charge on any atom is -0.363 e. The van der Waals surface area contributed by atoms with Gasteiger partial charge in [0, 0.05) is 47.0 Å². The van der Waals surface area contributed by atoms with E-state index in [2.05, 4.69) is 42.3 Å². The number of hydrazone groups is 1. The highest BCUT2D eigenvalue weighted by atomic mass is 19.1. The van der Waals surface area contributed by atoms with Crippen molar-refractivity contribution in [2.45, 2.75) is 33.2 Å². The normalized spacial score (nSPS) is 14.9. The van der Waals surface area contributed by atoms with Crippen LogP contribution in [0.25, 0.3) is 11.3 Å². The highest BCUT2D eigenvalue weighted by Crippen LogP contribution is 2.39. The molecule has 4 rings (SSSR count). The van der Waals surface area contributed by atoms with E-state index in [9.17, 15) is 9.18 Å². The number of hydrogen-bond acceptors (Lipinski definition) is 3. The number of rotatable bonds is 5. The monoisotopic (exact) mass is 430 g/mol. The SMILES string of the molecule is CCN1c2cc(F)c(/C=N/NC(=O)c3ccc(-n4cccc4)cc3)cc2C(C)=CC1(C)C. The van der Waals surface area contributed by atoms with Crippen LogP contribution in [0.15, 0.2) is 72.1 Å². The number of anilines is 1. The molecular formula is C26H27FN4O. The standard InChI is InChI=1S/C26H27FN4O/c1-5-31-24-15-23(27)20(14-22(24)18(2)16-26(31,3)4)17-28-29-25(32)19-8-10-21(11-9-19)30-12-6-7-13-30/h6-17H,5H2,1-4H3,(H,29,32)/b28-17+. The van der Waals surface area contributed by atoms with Gasteiger partial charge in [0.25, 0.3) is 5.91 Å². The average Bonchev–Trinajstić information content (AvgIpc) is 3.29. The lowest BCUT2D eigenvalue weighted by Gasteiger charge is -2.42. The van der Waals surface area contributed by atoms with E-state index in [1.165, 1.54) is 6.21 Å². The zero-order chi connectivity index (χ0) is 22.9. The largest absolute Gasteiger partial charge is 0.363 e. The zero-order valence-electron chi connectivity index (χ0n) is 18.8. The minimum atomic E-state index is -0.373. The van der Waals surface area contributed by atoms with Gasteiger partial charge in [0.1, 0.15) is 5.82 Å². The van der Waals surface area contributed by atoms with Crippen molar-refractivity contribution in [3.63, 3.8) is 0 Å². The number of allylic oxidation sites excluding steroid dienone is 1. The number of benzene rings is 2. The molecule has 0 spiro atoms. The van der Waals surface area contributed by atoms with Crippen LogP contribution in [0.3, 0.4) is 0 Å². The van der Waals surface area contributed by atoms with Crippen molar-refractivity contribution in [2.75, 3.05) is 11.4 Å². The summed E-state index contributed by atoms with van der Waals surface area (Å²) in [5, 5.41) is 3.99. The van der Waals surface area contributed by atoms with Gasteiger partial charge in [-0.3, -0.25) is 4.79 Å². The van der Waals surface area contributed by atoms with Gasteiger partial charge >= 0.3 is 0 Å². The molecule has 6 heteroatoms. The molecule has 0 radical (unpaired) electrons. The van der Waals surface area contributed by atoms with Crippen LogP contribution < -0.4 is 10.3 Å². The molecule has 1 amide bonds. The lowest BCUT2D eigenvalue weighted by atomic mass is 9.88. The molecule has 2 aromatic carbocycles. The van der Waals surface area contributed by atoms with Gasteiger partial charge in [0.15, 0.2) is 0 Å². The number of carbonyl (C=O) groups is 1. The molecule has 5 nitrogen and oxygen atoms in total. The van der Waals surface area contributed by atoms with Crippen LogP contribution in [0.2, 0.25) is 0 Å². The predicted octanol–water partition coefficient (Wildman–Crippen LogP) is 5.40. The maximum absolute atomic E-state index is 14.8. The quantitative estimate of drug-likeness (QED) is 0.435. The molecule has 3 aromatic rings. The molecule has 0 unspecified atom stereocenters. The van der Waals surface area contributed by atoms with Crippen LogP contribution >= 0.6 is 0 Å². The number of amides is 1. The van der Waals surface area contributed by atoms with Crippen molar-refractivity contribution >= 4 is 23.4 Å². The third-order valence-corrected chi connectivity index (χ3v) is 5.81. The second-order valence-electron chi connectivity index (χ2n) is 8.45. The lowest BCUT2D eigenvalue weighted by molar-refractivity contribution is 0.0955. The molecule has 1 aliphatic rings. The minimum absolute atomic E-state index is 0.182. The van der Waals surface area contributed by atoms with Crippen LogP contribution in [-0.4, -0.2) is 28.8 Å². The Morgan fingerprint density at radius 3 is 2.50 bits per heavy atom. The number of hydrogen-bond donors (Lipinski definition) is 1. The Balaban J connectivity index is 1.50. The van der Waals surface area contributed by atoms with Gasteiger partial charge in [-0.15, -0.1) is 0 Å². The third-order valence-electron chi connectivity index (χ3n) is 5.81.